The van der Waals surface area contributed by atoms with Gasteiger partial charge in [0.1, 0.15) is 5.76 Å². The lowest BCUT2D eigenvalue weighted by Gasteiger charge is -2.14. The molecular formula is C9H17O6P. The Labute approximate surface area is 95.1 Å². The van der Waals surface area contributed by atoms with Crippen LogP contribution in [0.25, 0.3) is 0 Å². The highest BCUT2D eigenvalue weighted by molar-refractivity contribution is 7.48. The third-order valence-corrected chi connectivity index (χ3v) is 2.78. The van der Waals surface area contributed by atoms with Gasteiger partial charge in [0.05, 0.1) is 12.2 Å². The highest BCUT2D eigenvalue weighted by Gasteiger charge is 2.24. The number of hydrogen-bond acceptors (Lipinski definition) is 6. The fourth-order valence-electron chi connectivity index (χ4n) is 0.784. The molecule has 0 rings (SSSR count). The number of esters is 1. The second kappa shape index (κ2) is 6.68. The Balaban J connectivity index is 4.45. The van der Waals surface area contributed by atoms with Gasteiger partial charge in [0, 0.05) is 14.2 Å². The van der Waals surface area contributed by atoms with Gasteiger partial charge >= 0.3 is 13.8 Å². The minimum atomic E-state index is -3.60. The number of carbonyl (C=O) groups excluding carboxylic acids is 1. The number of allylic oxidation sites excluding steroid dienone is 1. The van der Waals surface area contributed by atoms with Crippen LogP contribution in [-0.2, 0) is 27.7 Å². The van der Waals surface area contributed by atoms with Crippen LogP contribution in [0, 0.1) is 0 Å². The Bertz CT molecular complexity index is 301. The van der Waals surface area contributed by atoms with Crippen molar-refractivity contribution in [2.75, 3.05) is 14.2 Å². The molecule has 0 amide bonds. The summed E-state index contributed by atoms with van der Waals surface area (Å²) in [5.74, 6) is -0.482. The van der Waals surface area contributed by atoms with Crippen LogP contribution >= 0.6 is 7.82 Å². The van der Waals surface area contributed by atoms with Crippen LogP contribution in [0.5, 0.6) is 0 Å². The van der Waals surface area contributed by atoms with E-state index in [0.717, 1.165) is 6.08 Å². The van der Waals surface area contributed by atoms with E-state index in [1.54, 1.807) is 13.8 Å². The van der Waals surface area contributed by atoms with Gasteiger partial charge in [-0.3, -0.25) is 9.05 Å². The Morgan fingerprint density at radius 1 is 1.25 bits per heavy atom. The van der Waals surface area contributed by atoms with E-state index in [9.17, 15) is 9.36 Å². The van der Waals surface area contributed by atoms with E-state index in [1.165, 1.54) is 21.1 Å². The first-order chi connectivity index (χ1) is 7.33. The fraction of sp³-hybridized carbons (Fsp3) is 0.667. The zero-order chi connectivity index (χ0) is 12.8. The molecule has 0 aliphatic heterocycles. The molecule has 0 aliphatic rings. The molecule has 0 saturated heterocycles. The largest absolute Gasteiger partial charge is 0.529 e. The molecule has 0 aliphatic carbocycles. The van der Waals surface area contributed by atoms with Crippen LogP contribution in [0.2, 0.25) is 0 Å². The average Bonchev–Trinajstić information content (AvgIpc) is 2.15. The normalized spacial score (nSPS) is 12.8. The third-order valence-electron chi connectivity index (χ3n) is 1.38. The molecule has 0 N–H and O–H groups in total. The molecule has 0 bridgehead atoms. The average molecular weight is 252 g/mol. The van der Waals surface area contributed by atoms with Crippen molar-refractivity contribution in [2.24, 2.45) is 0 Å². The quantitative estimate of drug-likeness (QED) is 0.312. The van der Waals surface area contributed by atoms with E-state index in [-0.39, 0.29) is 11.9 Å². The van der Waals surface area contributed by atoms with Gasteiger partial charge in [0.25, 0.3) is 0 Å². The summed E-state index contributed by atoms with van der Waals surface area (Å²) in [6.45, 7) is 4.89. The standard InChI is InChI=1S/C9H17O6P/c1-7(2)14-9(10)6-8(3)15-16(11,12-4)13-5/h6-7H,1-5H3/b8-6+. The lowest BCUT2D eigenvalue weighted by atomic mass is 10.4. The summed E-state index contributed by atoms with van der Waals surface area (Å²) in [6, 6.07) is 0. The topological polar surface area (TPSA) is 71.1 Å². The first kappa shape index (κ1) is 15.2. The maximum absolute atomic E-state index is 11.5. The molecule has 0 atom stereocenters. The van der Waals surface area contributed by atoms with Gasteiger partial charge < -0.3 is 9.26 Å². The first-order valence-electron chi connectivity index (χ1n) is 4.63. The van der Waals surface area contributed by atoms with Gasteiger partial charge in [0.15, 0.2) is 0 Å². The summed E-state index contributed by atoms with van der Waals surface area (Å²) in [5, 5.41) is 0. The molecule has 0 heterocycles. The summed E-state index contributed by atoms with van der Waals surface area (Å²) < 4.78 is 30.3. The van der Waals surface area contributed by atoms with Crippen LogP contribution in [-0.4, -0.2) is 26.3 Å². The van der Waals surface area contributed by atoms with Gasteiger partial charge in [0.2, 0.25) is 0 Å². The Morgan fingerprint density at radius 3 is 2.12 bits per heavy atom. The van der Waals surface area contributed by atoms with E-state index in [2.05, 4.69) is 9.05 Å². The molecule has 0 unspecified atom stereocenters. The van der Waals surface area contributed by atoms with E-state index < -0.39 is 13.8 Å². The van der Waals surface area contributed by atoms with Crippen molar-refractivity contribution in [2.45, 2.75) is 26.9 Å². The number of carbonyl (C=O) groups is 1. The molecule has 6 nitrogen and oxygen atoms in total. The van der Waals surface area contributed by atoms with Gasteiger partial charge in [-0.1, -0.05) is 0 Å². The molecule has 94 valence electrons. The Kier molecular flexibility index (Phi) is 6.33. The van der Waals surface area contributed by atoms with Crippen molar-refractivity contribution in [1.29, 1.82) is 0 Å². The minimum absolute atomic E-state index is 0.0951. The minimum Gasteiger partial charge on any atom is -0.460 e. The lowest BCUT2D eigenvalue weighted by Crippen LogP contribution is -2.09. The summed E-state index contributed by atoms with van der Waals surface area (Å²) in [7, 11) is -1.23. The van der Waals surface area contributed by atoms with Crippen molar-refractivity contribution < 1.29 is 27.7 Å². The number of phosphoric acid groups is 1. The van der Waals surface area contributed by atoms with E-state index in [1.807, 2.05) is 0 Å². The van der Waals surface area contributed by atoms with Crippen LogP contribution in [0.15, 0.2) is 11.8 Å². The summed E-state index contributed by atoms with van der Waals surface area (Å²) >= 11 is 0. The molecule has 7 heteroatoms. The van der Waals surface area contributed by atoms with Crippen molar-refractivity contribution in [3.8, 4) is 0 Å². The molecule has 0 aromatic rings. The summed E-state index contributed by atoms with van der Waals surface area (Å²) in [5.41, 5.74) is 0. The number of ether oxygens (including phenoxy) is 1. The maximum Gasteiger partial charge on any atom is 0.529 e. The molecule has 0 radical (unpaired) electrons. The SMILES string of the molecule is COP(=O)(OC)O/C(C)=C/C(=O)OC(C)C. The van der Waals surface area contributed by atoms with Crippen molar-refractivity contribution in [3.05, 3.63) is 11.8 Å². The predicted molar refractivity (Wildman–Crippen MR) is 57.7 cm³/mol. The molecule has 0 fully saturated rings. The van der Waals surface area contributed by atoms with E-state index in [4.69, 9.17) is 9.26 Å². The van der Waals surface area contributed by atoms with Crippen molar-refractivity contribution in [3.63, 3.8) is 0 Å². The van der Waals surface area contributed by atoms with Crippen LogP contribution in [0.1, 0.15) is 20.8 Å². The fourth-order valence-corrected chi connectivity index (χ4v) is 1.49. The zero-order valence-electron chi connectivity index (χ0n) is 10.1. The van der Waals surface area contributed by atoms with Gasteiger partial charge in [-0.05, 0) is 20.8 Å². The molecular weight excluding hydrogens is 235 g/mol. The Hall–Kier alpha value is -0.840. The lowest BCUT2D eigenvalue weighted by molar-refractivity contribution is -0.141. The predicted octanol–water partition coefficient (Wildman–Crippen LogP) is 2.26. The molecule has 16 heavy (non-hydrogen) atoms. The highest BCUT2D eigenvalue weighted by Crippen LogP contribution is 2.49. The van der Waals surface area contributed by atoms with Gasteiger partial charge in [-0.2, -0.15) is 0 Å². The molecule has 0 saturated carbocycles. The van der Waals surface area contributed by atoms with Crippen molar-refractivity contribution in [1.82, 2.24) is 0 Å². The Morgan fingerprint density at radius 2 is 1.75 bits per heavy atom. The zero-order valence-corrected chi connectivity index (χ0v) is 10.9. The first-order valence-corrected chi connectivity index (χ1v) is 6.09. The van der Waals surface area contributed by atoms with Gasteiger partial charge in [-0.15, -0.1) is 0 Å². The molecule has 0 aromatic carbocycles. The van der Waals surface area contributed by atoms with E-state index >= 15 is 0 Å². The van der Waals surface area contributed by atoms with E-state index in [0.29, 0.717) is 0 Å². The van der Waals surface area contributed by atoms with Crippen LogP contribution in [0.4, 0.5) is 0 Å². The van der Waals surface area contributed by atoms with Gasteiger partial charge in [-0.25, -0.2) is 9.36 Å². The van der Waals surface area contributed by atoms with Crippen molar-refractivity contribution >= 4 is 13.8 Å². The number of phosphoric ester groups is 1. The second-order valence-electron chi connectivity index (χ2n) is 3.14. The second-order valence-corrected chi connectivity index (χ2v) is 4.95. The monoisotopic (exact) mass is 252 g/mol. The number of hydrogen-bond donors (Lipinski definition) is 0. The molecule has 0 spiro atoms. The van der Waals surface area contributed by atoms with Crippen LogP contribution < -0.4 is 0 Å². The number of rotatable bonds is 6. The highest BCUT2D eigenvalue weighted by atomic mass is 31.2. The summed E-state index contributed by atoms with van der Waals surface area (Å²) in [6.07, 6.45) is 0.846. The summed E-state index contributed by atoms with van der Waals surface area (Å²) in [4.78, 5) is 11.2. The third kappa shape index (κ3) is 5.90. The maximum atomic E-state index is 11.5. The molecule has 0 aromatic heterocycles. The van der Waals surface area contributed by atoms with Crippen LogP contribution in [0.3, 0.4) is 0 Å². The smallest absolute Gasteiger partial charge is 0.460 e.